The van der Waals surface area contributed by atoms with Gasteiger partial charge in [-0.1, -0.05) is 6.07 Å². The van der Waals surface area contributed by atoms with E-state index in [9.17, 15) is 39.9 Å². The molecular formula is C24H17F3N4O6S2. The van der Waals surface area contributed by atoms with Crippen LogP contribution in [0.1, 0.15) is 16.7 Å². The van der Waals surface area contributed by atoms with E-state index >= 15 is 0 Å². The first-order valence-electron chi connectivity index (χ1n) is 11.0. The summed E-state index contributed by atoms with van der Waals surface area (Å²) < 4.78 is 97.2. The number of fused-ring (bicyclic) bond motifs is 2. The number of sulfonamides is 2. The molecule has 0 atom stereocenters. The number of anilines is 2. The zero-order valence-electron chi connectivity index (χ0n) is 19.7. The molecule has 0 saturated carbocycles. The molecule has 0 unspecified atom stereocenters. The van der Waals surface area contributed by atoms with Crippen LogP contribution in [0.4, 0.5) is 24.5 Å². The molecular weight excluding hydrogens is 561 g/mol. The molecule has 3 heterocycles. The van der Waals surface area contributed by atoms with Gasteiger partial charge in [0.2, 0.25) is 21.3 Å². The maximum Gasteiger partial charge on any atom is 0.286 e. The Bertz CT molecular complexity index is 2010. The van der Waals surface area contributed by atoms with E-state index in [1.54, 1.807) is 0 Å². The largest absolute Gasteiger partial charge is 0.494 e. The van der Waals surface area contributed by atoms with Crippen LogP contribution in [-0.4, -0.2) is 38.4 Å². The van der Waals surface area contributed by atoms with E-state index in [4.69, 9.17) is 0 Å². The third kappa shape index (κ3) is 4.93. The summed E-state index contributed by atoms with van der Waals surface area (Å²) in [5.74, 6) is -4.47. The van der Waals surface area contributed by atoms with E-state index in [1.165, 1.54) is 24.3 Å². The highest BCUT2D eigenvalue weighted by molar-refractivity contribution is 7.92. The van der Waals surface area contributed by atoms with Gasteiger partial charge >= 0.3 is 0 Å². The molecule has 0 bridgehead atoms. The maximum atomic E-state index is 14.1. The molecule has 0 fully saturated rings. The van der Waals surface area contributed by atoms with Crippen LogP contribution in [0.3, 0.4) is 0 Å². The predicted octanol–water partition coefficient (Wildman–Crippen LogP) is 2.95. The molecule has 0 radical (unpaired) electrons. The smallest absolute Gasteiger partial charge is 0.286 e. The summed E-state index contributed by atoms with van der Waals surface area (Å²) in [5.41, 5.74) is -1.54. The lowest BCUT2D eigenvalue weighted by atomic mass is 10.0. The van der Waals surface area contributed by atoms with Gasteiger partial charge in [0.1, 0.15) is 16.3 Å². The number of aromatic hydroxyl groups is 1. The molecule has 0 aliphatic carbocycles. The van der Waals surface area contributed by atoms with E-state index in [-0.39, 0.29) is 34.4 Å². The molecule has 0 spiro atoms. The van der Waals surface area contributed by atoms with Crippen molar-refractivity contribution >= 4 is 42.8 Å². The number of amidine groups is 1. The molecule has 4 aromatic rings. The minimum absolute atomic E-state index is 0.0311. The van der Waals surface area contributed by atoms with Crippen molar-refractivity contribution < 1.29 is 35.1 Å². The van der Waals surface area contributed by atoms with Crippen molar-refractivity contribution in [1.82, 2.24) is 4.40 Å². The van der Waals surface area contributed by atoms with Gasteiger partial charge in [0.15, 0.2) is 17.5 Å². The van der Waals surface area contributed by atoms with Gasteiger partial charge < -0.3 is 10.4 Å². The van der Waals surface area contributed by atoms with Crippen molar-refractivity contribution in [2.45, 2.75) is 11.3 Å². The summed E-state index contributed by atoms with van der Waals surface area (Å²) in [4.78, 5) is 13.2. The van der Waals surface area contributed by atoms with Crippen LogP contribution < -0.4 is 15.5 Å². The zero-order valence-corrected chi connectivity index (χ0v) is 21.4. The van der Waals surface area contributed by atoms with Gasteiger partial charge in [-0.3, -0.25) is 13.9 Å². The number of rotatable bonds is 5. The Balaban J connectivity index is 1.70. The van der Waals surface area contributed by atoms with E-state index in [2.05, 4.69) is 14.4 Å². The normalized spacial score (nSPS) is 14.4. The Kier molecular flexibility index (Phi) is 6.14. The lowest BCUT2D eigenvalue weighted by molar-refractivity contribution is 0.441. The molecule has 1 aliphatic rings. The highest BCUT2D eigenvalue weighted by Gasteiger charge is 2.31. The fourth-order valence-electron chi connectivity index (χ4n) is 4.17. The highest BCUT2D eigenvalue weighted by Crippen LogP contribution is 2.33. The topological polar surface area (TPSA) is 146 Å². The molecule has 5 rings (SSSR count). The van der Waals surface area contributed by atoms with E-state index in [0.29, 0.717) is 0 Å². The van der Waals surface area contributed by atoms with Gasteiger partial charge in [-0.2, -0.15) is 8.42 Å². The van der Waals surface area contributed by atoms with Crippen molar-refractivity contribution in [3.63, 3.8) is 0 Å². The van der Waals surface area contributed by atoms with Crippen LogP contribution >= 0.6 is 0 Å². The van der Waals surface area contributed by atoms with Gasteiger partial charge in [0, 0.05) is 23.9 Å². The molecule has 0 saturated heterocycles. The Morgan fingerprint density at radius 2 is 1.79 bits per heavy atom. The molecule has 0 amide bonds. The molecule has 15 heteroatoms. The summed E-state index contributed by atoms with van der Waals surface area (Å²) in [6, 6.07) is 8.74. The van der Waals surface area contributed by atoms with Gasteiger partial charge in [-0.05, 0) is 48.0 Å². The quantitative estimate of drug-likeness (QED) is 0.330. The standard InChI is InChI=1S/C24H17F3N4O6S2/c1-38(34,35)29-14-4-6-18-20(10-14)39(36,37)30-23(28-18)21-22(32)15(8-12-2-5-16(26)17(27)9-12)19-7-3-13(25)11-31(19)24(21)33/h2-7,9-11,29,33H,8H2,1H3,(H,28,30). The zero-order chi connectivity index (χ0) is 28.3. The van der Waals surface area contributed by atoms with Gasteiger partial charge in [0.05, 0.1) is 17.5 Å². The van der Waals surface area contributed by atoms with Crippen LogP contribution in [0.15, 0.2) is 68.8 Å². The maximum absolute atomic E-state index is 14.1. The van der Waals surface area contributed by atoms with Crippen molar-refractivity contribution in [3.8, 4) is 5.88 Å². The number of benzene rings is 2. The lowest BCUT2D eigenvalue weighted by Gasteiger charge is -2.21. The monoisotopic (exact) mass is 578 g/mol. The summed E-state index contributed by atoms with van der Waals surface area (Å²) in [6.07, 6.45) is 1.46. The van der Waals surface area contributed by atoms with Crippen LogP contribution in [0.2, 0.25) is 0 Å². The van der Waals surface area contributed by atoms with E-state index < -0.39 is 65.1 Å². The van der Waals surface area contributed by atoms with Crippen LogP contribution in [0, 0.1) is 17.5 Å². The molecule has 10 nitrogen and oxygen atoms in total. The van der Waals surface area contributed by atoms with Crippen molar-refractivity contribution in [1.29, 1.82) is 0 Å². The van der Waals surface area contributed by atoms with E-state index in [0.717, 1.165) is 41.1 Å². The van der Waals surface area contributed by atoms with Crippen molar-refractivity contribution in [3.05, 3.63) is 99.1 Å². The Morgan fingerprint density at radius 3 is 2.49 bits per heavy atom. The van der Waals surface area contributed by atoms with Crippen LogP contribution in [0.25, 0.3) is 5.52 Å². The Hall–Kier alpha value is -4.37. The van der Waals surface area contributed by atoms with E-state index in [1.807, 2.05) is 0 Å². The summed E-state index contributed by atoms with van der Waals surface area (Å²) in [6.45, 7) is 0. The number of halogens is 3. The number of aromatic nitrogens is 1. The second-order valence-corrected chi connectivity index (χ2v) is 12.0. The summed E-state index contributed by atoms with van der Waals surface area (Å²) in [7, 11) is -8.25. The molecule has 1 aliphatic heterocycles. The fourth-order valence-corrected chi connectivity index (χ4v) is 5.87. The second-order valence-electron chi connectivity index (χ2n) is 8.66. The predicted molar refractivity (Wildman–Crippen MR) is 137 cm³/mol. The lowest BCUT2D eigenvalue weighted by Crippen LogP contribution is -2.30. The number of hydrogen-bond donors (Lipinski definition) is 3. The molecule has 2 aromatic carbocycles. The number of nitrogens with zero attached hydrogens (tertiary/aromatic N) is 2. The Morgan fingerprint density at radius 1 is 1.05 bits per heavy atom. The first kappa shape index (κ1) is 26.2. The average molecular weight is 579 g/mol. The molecule has 3 N–H and O–H groups in total. The second kappa shape index (κ2) is 9.13. The Labute approximate surface area is 219 Å². The highest BCUT2D eigenvalue weighted by atomic mass is 32.2. The summed E-state index contributed by atoms with van der Waals surface area (Å²) in [5, 5.41) is 13.6. The third-order valence-corrected chi connectivity index (χ3v) is 7.73. The third-order valence-electron chi connectivity index (χ3n) is 5.80. The number of pyridine rings is 2. The minimum Gasteiger partial charge on any atom is -0.494 e. The fraction of sp³-hybridized carbons (Fsp3) is 0.0833. The number of nitrogens with one attached hydrogen (secondary N) is 2. The van der Waals surface area contributed by atoms with Crippen LogP contribution in [-0.2, 0) is 26.5 Å². The average Bonchev–Trinajstić information content (AvgIpc) is 2.83. The minimum atomic E-state index is -4.53. The van der Waals surface area contributed by atoms with Gasteiger partial charge in [-0.15, -0.1) is 4.40 Å². The first-order chi connectivity index (χ1) is 18.2. The van der Waals surface area contributed by atoms with Crippen molar-refractivity contribution in [2.75, 3.05) is 16.3 Å². The SMILES string of the molecule is CS(=O)(=O)Nc1ccc2c(c1)S(=O)(=O)N=C(c1c(O)n3cc(F)ccc3c(Cc3ccc(F)c(F)c3)c1=O)N2. The molecule has 202 valence electrons. The van der Waals surface area contributed by atoms with Gasteiger partial charge in [-0.25, -0.2) is 21.6 Å². The molecule has 39 heavy (non-hydrogen) atoms. The van der Waals surface area contributed by atoms with Gasteiger partial charge in [0.25, 0.3) is 10.0 Å². The molecule has 2 aromatic heterocycles. The number of hydrogen-bond acceptors (Lipinski definition) is 7. The van der Waals surface area contributed by atoms with Crippen molar-refractivity contribution in [2.24, 2.45) is 4.40 Å². The summed E-state index contributed by atoms with van der Waals surface area (Å²) >= 11 is 0. The first-order valence-corrected chi connectivity index (χ1v) is 14.3. The van der Waals surface area contributed by atoms with Crippen LogP contribution in [0.5, 0.6) is 5.88 Å².